The van der Waals surface area contributed by atoms with Crippen molar-refractivity contribution in [2.24, 2.45) is 0 Å². The van der Waals surface area contributed by atoms with E-state index in [1.165, 1.54) is 21.3 Å². The molecule has 2 saturated heterocycles. The molecule has 1 N–H and O–H groups in total. The molecule has 8 nitrogen and oxygen atoms in total. The van der Waals surface area contributed by atoms with Crippen molar-refractivity contribution < 1.29 is 23.8 Å². The highest BCUT2D eigenvalue weighted by Crippen LogP contribution is 2.38. The number of benzene rings is 1. The normalized spacial score (nSPS) is 19.7. The third kappa shape index (κ3) is 4.44. The maximum Gasteiger partial charge on any atom is 0.254 e. The number of amides is 2. The fraction of sp³-hybridized carbons (Fsp3) is 0.579. The number of piperazine rings is 1. The number of carbonyl (C=O) groups is 2. The first-order valence-electron chi connectivity index (χ1n) is 9.18. The minimum Gasteiger partial charge on any atom is -0.493 e. The SMILES string of the molecule is COc1cc(C(=O)N2CCCC(N3CCNCC3=O)C2)cc(OC)c1OC.Cl. The summed E-state index contributed by atoms with van der Waals surface area (Å²) in [7, 11) is 4.58. The number of likely N-dealkylation sites (tertiary alicyclic amines) is 1. The monoisotopic (exact) mass is 413 g/mol. The molecule has 1 atom stereocenters. The Kier molecular flexibility index (Phi) is 7.77. The molecule has 0 aromatic heterocycles. The van der Waals surface area contributed by atoms with Crippen molar-refractivity contribution in [3.8, 4) is 17.2 Å². The van der Waals surface area contributed by atoms with Crippen molar-refractivity contribution in [3.05, 3.63) is 17.7 Å². The molecule has 2 heterocycles. The largest absolute Gasteiger partial charge is 0.493 e. The van der Waals surface area contributed by atoms with E-state index >= 15 is 0 Å². The number of halogens is 1. The average Bonchev–Trinajstić information content (AvgIpc) is 2.72. The first-order valence-corrected chi connectivity index (χ1v) is 9.18. The van der Waals surface area contributed by atoms with Gasteiger partial charge in [0.25, 0.3) is 5.91 Å². The molecule has 0 spiro atoms. The quantitative estimate of drug-likeness (QED) is 0.780. The minimum atomic E-state index is -0.0958. The maximum absolute atomic E-state index is 13.1. The van der Waals surface area contributed by atoms with Crippen LogP contribution in [-0.2, 0) is 4.79 Å². The Bertz CT molecular complexity index is 690. The maximum atomic E-state index is 13.1. The molecule has 1 aromatic rings. The van der Waals surface area contributed by atoms with E-state index < -0.39 is 0 Å². The average molecular weight is 414 g/mol. The summed E-state index contributed by atoms with van der Waals surface area (Å²) < 4.78 is 16.0. The van der Waals surface area contributed by atoms with Crippen molar-refractivity contribution in [1.29, 1.82) is 0 Å². The van der Waals surface area contributed by atoms with Crippen LogP contribution in [0.3, 0.4) is 0 Å². The van der Waals surface area contributed by atoms with Gasteiger partial charge < -0.3 is 29.3 Å². The van der Waals surface area contributed by atoms with Crippen LogP contribution in [0.15, 0.2) is 12.1 Å². The number of piperidine rings is 1. The van der Waals surface area contributed by atoms with Gasteiger partial charge in [-0.25, -0.2) is 0 Å². The molecular formula is C19H28ClN3O5. The van der Waals surface area contributed by atoms with Crippen LogP contribution in [0.4, 0.5) is 0 Å². The summed E-state index contributed by atoms with van der Waals surface area (Å²) in [5.74, 6) is 1.37. The van der Waals surface area contributed by atoms with E-state index in [1.807, 2.05) is 9.80 Å². The van der Waals surface area contributed by atoms with Gasteiger partial charge in [-0.3, -0.25) is 9.59 Å². The van der Waals surface area contributed by atoms with Gasteiger partial charge in [0.05, 0.1) is 27.9 Å². The minimum absolute atomic E-state index is 0. The summed E-state index contributed by atoms with van der Waals surface area (Å²) in [5, 5.41) is 3.09. The fourth-order valence-corrected chi connectivity index (χ4v) is 3.79. The van der Waals surface area contributed by atoms with Crippen LogP contribution in [-0.4, -0.2) is 81.7 Å². The number of carbonyl (C=O) groups excluding carboxylic acids is 2. The predicted molar refractivity (Wildman–Crippen MR) is 107 cm³/mol. The van der Waals surface area contributed by atoms with Crippen LogP contribution >= 0.6 is 12.4 Å². The summed E-state index contributed by atoms with van der Waals surface area (Å²) in [6.45, 7) is 3.07. The zero-order chi connectivity index (χ0) is 19.4. The first kappa shape index (κ1) is 22.1. The van der Waals surface area contributed by atoms with Gasteiger partial charge >= 0.3 is 0 Å². The Hall–Kier alpha value is -2.19. The van der Waals surface area contributed by atoms with Crippen molar-refractivity contribution in [3.63, 3.8) is 0 Å². The summed E-state index contributed by atoms with van der Waals surface area (Å²) in [5.41, 5.74) is 0.483. The van der Waals surface area contributed by atoms with Crippen molar-refractivity contribution >= 4 is 24.2 Å². The standard InChI is InChI=1S/C19H27N3O5.ClH/c1-25-15-9-13(10-16(26-2)18(15)27-3)19(24)21-7-4-5-14(12-21)22-8-6-20-11-17(22)23;/h9-10,14,20H,4-8,11-12H2,1-3H3;1H. The topological polar surface area (TPSA) is 80.3 Å². The van der Waals surface area contributed by atoms with E-state index in [2.05, 4.69) is 5.32 Å². The van der Waals surface area contributed by atoms with Crippen LogP contribution < -0.4 is 19.5 Å². The molecule has 0 radical (unpaired) electrons. The molecule has 3 rings (SSSR count). The van der Waals surface area contributed by atoms with E-state index in [4.69, 9.17) is 14.2 Å². The molecule has 1 unspecified atom stereocenters. The van der Waals surface area contributed by atoms with Gasteiger partial charge in [-0.05, 0) is 25.0 Å². The van der Waals surface area contributed by atoms with E-state index in [0.717, 1.165) is 19.4 Å². The molecule has 28 heavy (non-hydrogen) atoms. The first-order chi connectivity index (χ1) is 13.1. The number of rotatable bonds is 5. The highest BCUT2D eigenvalue weighted by Gasteiger charge is 2.32. The molecule has 156 valence electrons. The van der Waals surface area contributed by atoms with Gasteiger partial charge in [0, 0.05) is 37.8 Å². The Balaban J connectivity index is 0.00000280. The lowest BCUT2D eigenvalue weighted by Gasteiger charge is -2.41. The molecule has 2 fully saturated rings. The smallest absolute Gasteiger partial charge is 0.254 e. The van der Waals surface area contributed by atoms with Gasteiger partial charge in [-0.2, -0.15) is 0 Å². The third-order valence-corrected chi connectivity index (χ3v) is 5.16. The van der Waals surface area contributed by atoms with Gasteiger partial charge in [0.15, 0.2) is 11.5 Å². The Labute approximate surface area is 171 Å². The molecule has 0 saturated carbocycles. The summed E-state index contributed by atoms with van der Waals surface area (Å²) in [6, 6.07) is 3.41. The number of hydrogen-bond acceptors (Lipinski definition) is 6. The van der Waals surface area contributed by atoms with Gasteiger partial charge in [-0.15, -0.1) is 12.4 Å². The Morgan fingerprint density at radius 1 is 1.11 bits per heavy atom. The number of ether oxygens (including phenoxy) is 3. The number of nitrogens with zero attached hydrogens (tertiary/aromatic N) is 2. The lowest BCUT2D eigenvalue weighted by molar-refractivity contribution is -0.135. The predicted octanol–water partition coefficient (Wildman–Crippen LogP) is 1.17. The van der Waals surface area contributed by atoms with Crippen LogP contribution in [0, 0.1) is 0 Å². The highest BCUT2D eigenvalue weighted by molar-refractivity contribution is 5.96. The fourth-order valence-electron chi connectivity index (χ4n) is 3.79. The molecule has 0 aliphatic carbocycles. The van der Waals surface area contributed by atoms with Crippen molar-refractivity contribution in [2.45, 2.75) is 18.9 Å². The Morgan fingerprint density at radius 3 is 2.36 bits per heavy atom. The third-order valence-electron chi connectivity index (χ3n) is 5.16. The highest BCUT2D eigenvalue weighted by atomic mass is 35.5. The van der Waals surface area contributed by atoms with E-state index in [0.29, 0.717) is 49.0 Å². The second-order valence-electron chi connectivity index (χ2n) is 6.73. The molecule has 2 aliphatic heterocycles. The van der Waals surface area contributed by atoms with Gasteiger partial charge in [-0.1, -0.05) is 0 Å². The molecule has 9 heteroatoms. The summed E-state index contributed by atoms with van der Waals surface area (Å²) in [6.07, 6.45) is 1.79. The van der Waals surface area contributed by atoms with Crippen molar-refractivity contribution in [2.75, 3.05) is 54.1 Å². The van der Waals surface area contributed by atoms with Crippen LogP contribution in [0.1, 0.15) is 23.2 Å². The molecule has 2 aliphatic rings. The zero-order valence-electron chi connectivity index (χ0n) is 16.5. The molecule has 0 bridgehead atoms. The number of nitrogens with one attached hydrogen (secondary N) is 1. The van der Waals surface area contributed by atoms with E-state index in [1.54, 1.807) is 12.1 Å². The number of hydrogen-bond donors (Lipinski definition) is 1. The second kappa shape index (κ2) is 9.84. The summed E-state index contributed by atoms with van der Waals surface area (Å²) >= 11 is 0. The lowest BCUT2D eigenvalue weighted by Crippen LogP contribution is -2.57. The van der Waals surface area contributed by atoms with E-state index in [-0.39, 0.29) is 30.3 Å². The molecule has 2 amide bonds. The summed E-state index contributed by atoms with van der Waals surface area (Å²) in [4.78, 5) is 29.0. The van der Waals surface area contributed by atoms with Crippen molar-refractivity contribution in [1.82, 2.24) is 15.1 Å². The van der Waals surface area contributed by atoms with Gasteiger partial charge in [0.1, 0.15) is 0 Å². The molecular weight excluding hydrogens is 386 g/mol. The second-order valence-corrected chi connectivity index (χ2v) is 6.73. The molecule has 1 aromatic carbocycles. The Morgan fingerprint density at radius 2 is 1.79 bits per heavy atom. The van der Waals surface area contributed by atoms with Gasteiger partial charge in [0.2, 0.25) is 11.7 Å². The van der Waals surface area contributed by atoms with Crippen LogP contribution in [0.25, 0.3) is 0 Å². The van der Waals surface area contributed by atoms with E-state index in [9.17, 15) is 9.59 Å². The van der Waals surface area contributed by atoms with Crippen LogP contribution in [0.2, 0.25) is 0 Å². The number of methoxy groups -OCH3 is 3. The lowest BCUT2D eigenvalue weighted by atomic mass is 10.0. The zero-order valence-corrected chi connectivity index (χ0v) is 17.3. The van der Waals surface area contributed by atoms with Crippen LogP contribution in [0.5, 0.6) is 17.2 Å².